The first-order valence-corrected chi connectivity index (χ1v) is 9.11. The average molecular weight is 486 g/mol. The van der Waals surface area contributed by atoms with Crippen LogP contribution in [-0.2, 0) is 24.9 Å². The van der Waals surface area contributed by atoms with E-state index in [1.54, 1.807) is 19.2 Å². The maximum atomic E-state index is 13.5. The van der Waals surface area contributed by atoms with E-state index in [4.69, 9.17) is 0 Å². The van der Waals surface area contributed by atoms with Crippen LogP contribution in [0.4, 0.5) is 4.39 Å². The molecule has 0 spiro atoms. The Morgan fingerprint density at radius 1 is 1.26 bits per heavy atom. The molecule has 1 aliphatic rings. The minimum absolute atomic E-state index is 0. The summed E-state index contributed by atoms with van der Waals surface area (Å²) in [5, 5.41) is 15.2. The molecule has 0 amide bonds. The number of aryl methyl sites for hydroxylation is 1. The van der Waals surface area contributed by atoms with Gasteiger partial charge in [0.15, 0.2) is 11.8 Å². The van der Waals surface area contributed by atoms with Gasteiger partial charge in [-0.25, -0.2) is 4.39 Å². The van der Waals surface area contributed by atoms with E-state index >= 15 is 0 Å². The van der Waals surface area contributed by atoms with E-state index in [9.17, 15) is 4.39 Å². The Bertz CT molecular complexity index is 786. The summed E-state index contributed by atoms with van der Waals surface area (Å²) in [6, 6.07) is 6.74. The molecule has 1 aliphatic heterocycles. The van der Waals surface area contributed by atoms with Gasteiger partial charge in [0, 0.05) is 32.0 Å². The maximum absolute atomic E-state index is 13.5. The van der Waals surface area contributed by atoms with Gasteiger partial charge in [0.25, 0.3) is 0 Å². The number of aromatic nitrogens is 3. The normalized spacial score (nSPS) is 14.3. The Hall–Kier alpha value is -1.71. The van der Waals surface area contributed by atoms with Crippen molar-refractivity contribution < 1.29 is 4.39 Å². The third-order valence-electron chi connectivity index (χ3n) is 4.88. The Balaban J connectivity index is 0.00000261. The van der Waals surface area contributed by atoms with E-state index in [1.807, 2.05) is 6.07 Å². The van der Waals surface area contributed by atoms with E-state index in [1.165, 1.54) is 18.9 Å². The highest BCUT2D eigenvalue weighted by molar-refractivity contribution is 14.0. The summed E-state index contributed by atoms with van der Waals surface area (Å²) in [7, 11) is 1.74. The molecule has 0 bridgehead atoms. The van der Waals surface area contributed by atoms with Gasteiger partial charge in [0.1, 0.15) is 11.6 Å². The first-order chi connectivity index (χ1) is 12.5. The van der Waals surface area contributed by atoms with E-state index < -0.39 is 0 Å². The summed E-state index contributed by atoms with van der Waals surface area (Å²) in [5.74, 6) is 2.49. The first kappa shape index (κ1) is 21.6. The van der Waals surface area contributed by atoms with Gasteiger partial charge in [-0.3, -0.25) is 4.99 Å². The van der Waals surface area contributed by atoms with Crippen LogP contribution in [0.5, 0.6) is 0 Å². The predicted octanol–water partition coefficient (Wildman–Crippen LogP) is 3.01. The lowest BCUT2D eigenvalue weighted by Crippen LogP contribution is -2.43. The Morgan fingerprint density at radius 2 is 2.07 bits per heavy atom. The van der Waals surface area contributed by atoms with Crippen molar-refractivity contribution in [1.82, 2.24) is 25.4 Å². The SMILES string of the molecule is CN=C(NCc1nnc2n1CCCC2)NCC(C)(C)c1cccc(F)c1.I. The molecule has 2 heterocycles. The number of hydrogen-bond acceptors (Lipinski definition) is 3. The number of guanidine groups is 1. The zero-order valence-electron chi connectivity index (χ0n) is 16.1. The van der Waals surface area contributed by atoms with E-state index in [0.29, 0.717) is 19.0 Å². The number of nitrogens with zero attached hydrogens (tertiary/aromatic N) is 4. The second-order valence-electron chi connectivity index (χ2n) is 7.31. The van der Waals surface area contributed by atoms with Crippen molar-refractivity contribution in [3.8, 4) is 0 Å². The fourth-order valence-corrected chi connectivity index (χ4v) is 3.20. The highest BCUT2D eigenvalue weighted by atomic mass is 127. The quantitative estimate of drug-likeness (QED) is 0.388. The van der Waals surface area contributed by atoms with Crippen molar-refractivity contribution in [3.63, 3.8) is 0 Å². The van der Waals surface area contributed by atoms with E-state index in [-0.39, 0.29) is 35.2 Å². The Labute approximate surface area is 177 Å². The molecule has 2 N–H and O–H groups in total. The van der Waals surface area contributed by atoms with Gasteiger partial charge in [0.2, 0.25) is 0 Å². The molecule has 0 radical (unpaired) electrons. The topological polar surface area (TPSA) is 67.1 Å². The summed E-state index contributed by atoms with van der Waals surface area (Å²) >= 11 is 0. The van der Waals surface area contributed by atoms with Crippen LogP contribution in [0, 0.1) is 5.82 Å². The summed E-state index contributed by atoms with van der Waals surface area (Å²) in [5.41, 5.74) is 0.722. The van der Waals surface area contributed by atoms with Crippen molar-refractivity contribution in [3.05, 3.63) is 47.3 Å². The highest BCUT2D eigenvalue weighted by Crippen LogP contribution is 2.22. The molecule has 2 aromatic rings. The molecule has 0 unspecified atom stereocenters. The van der Waals surface area contributed by atoms with Gasteiger partial charge in [-0.05, 0) is 30.5 Å². The first-order valence-electron chi connectivity index (χ1n) is 9.11. The smallest absolute Gasteiger partial charge is 0.191 e. The van der Waals surface area contributed by atoms with Gasteiger partial charge in [-0.15, -0.1) is 34.2 Å². The molecule has 0 saturated heterocycles. The third kappa shape index (κ3) is 5.40. The molecule has 0 fully saturated rings. The van der Waals surface area contributed by atoms with E-state index in [0.717, 1.165) is 30.2 Å². The fourth-order valence-electron chi connectivity index (χ4n) is 3.20. The van der Waals surface area contributed by atoms with Crippen LogP contribution in [0.2, 0.25) is 0 Å². The van der Waals surface area contributed by atoms with Crippen LogP contribution in [0.15, 0.2) is 29.3 Å². The summed E-state index contributed by atoms with van der Waals surface area (Å²) in [6.45, 7) is 6.35. The van der Waals surface area contributed by atoms with Crippen molar-refractivity contribution in [2.24, 2.45) is 4.99 Å². The van der Waals surface area contributed by atoms with Crippen molar-refractivity contribution in [1.29, 1.82) is 0 Å². The summed E-state index contributed by atoms with van der Waals surface area (Å²) in [6.07, 6.45) is 3.36. The van der Waals surface area contributed by atoms with Crippen LogP contribution in [-0.4, -0.2) is 34.3 Å². The second kappa shape index (κ2) is 9.48. The number of rotatable bonds is 5. The molecule has 1 aromatic carbocycles. The standard InChI is InChI=1S/C19H27FN6.HI/c1-19(2,14-7-6-8-15(20)11-14)13-23-18(21-3)22-12-17-25-24-16-9-4-5-10-26(16)17;/h6-8,11H,4-5,9-10,12-13H2,1-3H3,(H2,21,22,23);1H. The molecule has 27 heavy (non-hydrogen) atoms. The van der Waals surface area contributed by atoms with Crippen molar-refractivity contribution in [2.45, 2.75) is 51.6 Å². The number of nitrogens with one attached hydrogen (secondary N) is 2. The fraction of sp³-hybridized carbons (Fsp3) is 0.526. The average Bonchev–Trinajstić information content (AvgIpc) is 3.05. The van der Waals surface area contributed by atoms with E-state index in [2.05, 4.69) is 44.2 Å². The van der Waals surface area contributed by atoms with Crippen molar-refractivity contribution >= 4 is 29.9 Å². The van der Waals surface area contributed by atoms with Gasteiger partial charge >= 0.3 is 0 Å². The molecule has 1 aromatic heterocycles. The largest absolute Gasteiger partial charge is 0.356 e. The highest BCUT2D eigenvalue weighted by Gasteiger charge is 2.22. The minimum Gasteiger partial charge on any atom is -0.356 e. The summed E-state index contributed by atoms with van der Waals surface area (Å²) in [4.78, 5) is 4.28. The minimum atomic E-state index is -0.228. The molecular weight excluding hydrogens is 458 g/mol. The Kier molecular flexibility index (Phi) is 7.58. The van der Waals surface area contributed by atoms with Gasteiger partial charge < -0.3 is 15.2 Å². The molecule has 0 atom stereocenters. The lowest BCUT2D eigenvalue weighted by Gasteiger charge is -2.27. The van der Waals surface area contributed by atoms with Gasteiger partial charge in [0.05, 0.1) is 6.54 Å². The molecule has 148 valence electrons. The number of benzene rings is 1. The lowest BCUT2D eigenvalue weighted by molar-refractivity contribution is 0.496. The number of hydrogen-bond donors (Lipinski definition) is 2. The molecule has 0 aliphatic carbocycles. The van der Waals surface area contributed by atoms with Crippen LogP contribution in [0.1, 0.15) is 43.9 Å². The van der Waals surface area contributed by atoms with Crippen LogP contribution in [0.25, 0.3) is 0 Å². The van der Waals surface area contributed by atoms with Gasteiger partial charge in [-0.1, -0.05) is 26.0 Å². The zero-order valence-corrected chi connectivity index (χ0v) is 18.5. The molecular formula is C19H28FIN6. The monoisotopic (exact) mass is 486 g/mol. The number of halogens is 2. The van der Waals surface area contributed by atoms with Crippen LogP contribution < -0.4 is 10.6 Å². The molecule has 3 rings (SSSR count). The zero-order chi connectivity index (χ0) is 18.6. The number of aliphatic imine (C=N–C) groups is 1. The second-order valence-corrected chi connectivity index (χ2v) is 7.31. The number of fused-ring (bicyclic) bond motifs is 1. The van der Waals surface area contributed by atoms with Crippen LogP contribution in [0.3, 0.4) is 0 Å². The maximum Gasteiger partial charge on any atom is 0.191 e. The third-order valence-corrected chi connectivity index (χ3v) is 4.88. The van der Waals surface area contributed by atoms with Gasteiger partial charge in [-0.2, -0.15) is 0 Å². The molecule has 0 saturated carbocycles. The Morgan fingerprint density at radius 3 is 2.81 bits per heavy atom. The lowest BCUT2D eigenvalue weighted by atomic mass is 9.84. The predicted molar refractivity (Wildman–Crippen MR) is 116 cm³/mol. The van der Waals surface area contributed by atoms with Crippen LogP contribution >= 0.6 is 24.0 Å². The molecule has 8 heteroatoms. The van der Waals surface area contributed by atoms with Crippen molar-refractivity contribution in [2.75, 3.05) is 13.6 Å². The summed E-state index contributed by atoms with van der Waals surface area (Å²) < 4.78 is 15.7. The molecule has 6 nitrogen and oxygen atoms in total.